The Morgan fingerprint density at radius 1 is 1.00 bits per heavy atom. The second-order valence-electron chi connectivity index (χ2n) is 4.16. The van der Waals surface area contributed by atoms with E-state index >= 15 is 0 Å². The standard InChI is InChI=1S/C14H26O/c1-3-5-6-7-8-9-10-11-12-14(4-2)13-15/h15H,2-3,5-13H2,1H3. The molecule has 0 fully saturated rings. The molecule has 0 aromatic heterocycles. The molecule has 1 N–H and O–H groups in total. The first-order valence-corrected chi connectivity index (χ1v) is 6.33. The molecule has 0 radical (unpaired) electrons. The Morgan fingerprint density at radius 2 is 1.53 bits per heavy atom. The van der Waals surface area contributed by atoms with Crippen LogP contribution in [0.1, 0.15) is 64.7 Å². The first kappa shape index (κ1) is 14.5. The molecule has 0 heterocycles. The quantitative estimate of drug-likeness (QED) is 0.423. The van der Waals surface area contributed by atoms with Crippen molar-refractivity contribution >= 4 is 0 Å². The predicted octanol–water partition coefficient (Wildman–Crippen LogP) is 4.22. The van der Waals surface area contributed by atoms with Gasteiger partial charge in [0.25, 0.3) is 0 Å². The van der Waals surface area contributed by atoms with Crippen LogP contribution < -0.4 is 0 Å². The molecule has 88 valence electrons. The van der Waals surface area contributed by atoms with Crippen LogP contribution in [0.3, 0.4) is 0 Å². The zero-order chi connectivity index (χ0) is 11.4. The zero-order valence-corrected chi connectivity index (χ0v) is 10.2. The summed E-state index contributed by atoms with van der Waals surface area (Å²) in [6.07, 6.45) is 11.6. The summed E-state index contributed by atoms with van der Waals surface area (Å²) in [5.74, 6) is 0. The Morgan fingerprint density at radius 3 is 2.00 bits per heavy atom. The Labute approximate surface area is 94.9 Å². The second-order valence-corrected chi connectivity index (χ2v) is 4.16. The molecule has 0 saturated carbocycles. The topological polar surface area (TPSA) is 20.2 Å². The van der Waals surface area contributed by atoms with E-state index in [4.69, 9.17) is 5.11 Å². The number of hydrogen-bond donors (Lipinski definition) is 1. The van der Waals surface area contributed by atoms with E-state index in [1.807, 2.05) is 0 Å². The van der Waals surface area contributed by atoms with E-state index in [1.54, 1.807) is 0 Å². The molecule has 0 aromatic rings. The van der Waals surface area contributed by atoms with Crippen LogP contribution in [-0.2, 0) is 0 Å². The fraction of sp³-hybridized carbons (Fsp3) is 0.786. The largest absolute Gasteiger partial charge is 0.391 e. The lowest BCUT2D eigenvalue weighted by molar-refractivity contribution is 0.325. The molecular formula is C14H26O. The van der Waals surface area contributed by atoms with Crippen molar-refractivity contribution in [3.63, 3.8) is 0 Å². The van der Waals surface area contributed by atoms with Gasteiger partial charge in [0.2, 0.25) is 0 Å². The summed E-state index contributed by atoms with van der Waals surface area (Å²) in [7, 11) is 0. The van der Waals surface area contributed by atoms with Gasteiger partial charge in [0.05, 0.1) is 6.61 Å². The molecule has 0 saturated heterocycles. The molecule has 0 unspecified atom stereocenters. The number of hydrogen-bond acceptors (Lipinski definition) is 1. The van der Waals surface area contributed by atoms with Gasteiger partial charge < -0.3 is 5.11 Å². The van der Waals surface area contributed by atoms with Crippen molar-refractivity contribution in [1.29, 1.82) is 0 Å². The molecule has 0 rings (SSSR count). The lowest BCUT2D eigenvalue weighted by atomic mass is 10.1. The van der Waals surface area contributed by atoms with Crippen LogP contribution in [0.2, 0.25) is 0 Å². The highest BCUT2D eigenvalue weighted by Crippen LogP contribution is 2.11. The smallest absolute Gasteiger partial charge is 0.0715 e. The summed E-state index contributed by atoms with van der Waals surface area (Å²) < 4.78 is 0. The third-order valence-corrected chi connectivity index (χ3v) is 2.77. The summed E-state index contributed by atoms with van der Waals surface area (Å²) in [5, 5.41) is 8.89. The van der Waals surface area contributed by atoms with Crippen LogP contribution in [0.25, 0.3) is 0 Å². The average molecular weight is 210 g/mol. The van der Waals surface area contributed by atoms with E-state index in [0.29, 0.717) is 0 Å². The Balaban J connectivity index is 3.14. The van der Waals surface area contributed by atoms with Crippen molar-refractivity contribution in [2.45, 2.75) is 64.7 Å². The maximum absolute atomic E-state index is 8.89. The normalized spacial score (nSPS) is 10.0. The summed E-state index contributed by atoms with van der Waals surface area (Å²) in [6, 6.07) is 0. The van der Waals surface area contributed by atoms with Gasteiger partial charge in [-0.05, 0) is 18.4 Å². The third kappa shape index (κ3) is 9.78. The highest BCUT2D eigenvalue weighted by atomic mass is 16.3. The van der Waals surface area contributed by atoms with Gasteiger partial charge in [0, 0.05) is 0 Å². The highest BCUT2D eigenvalue weighted by molar-refractivity contribution is 4.98. The molecule has 15 heavy (non-hydrogen) atoms. The van der Waals surface area contributed by atoms with Gasteiger partial charge in [0.15, 0.2) is 0 Å². The molecule has 0 aliphatic rings. The van der Waals surface area contributed by atoms with E-state index in [0.717, 1.165) is 12.0 Å². The van der Waals surface area contributed by atoms with Crippen LogP contribution in [0, 0.1) is 0 Å². The summed E-state index contributed by atoms with van der Waals surface area (Å²) in [5.41, 5.74) is 3.75. The predicted molar refractivity (Wildman–Crippen MR) is 67.0 cm³/mol. The minimum atomic E-state index is 0.125. The maximum Gasteiger partial charge on any atom is 0.0715 e. The number of aliphatic hydroxyl groups excluding tert-OH is 1. The number of unbranched alkanes of at least 4 members (excludes halogenated alkanes) is 7. The van der Waals surface area contributed by atoms with Crippen LogP contribution >= 0.6 is 0 Å². The van der Waals surface area contributed by atoms with Crippen LogP contribution in [0.4, 0.5) is 0 Å². The molecule has 0 atom stereocenters. The van der Waals surface area contributed by atoms with Crippen LogP contribution in [0.15, 0.2) is 17.9 Å². The third-order valence-electron chi connectivity index (χ3n) is 2.77. The number of aliphatic hydroxyl groups is 1. The molecule has 1 heteroatoms. The molecule has 0 amide bonds. The molecule has 0 spiro atoms. The van der Waals surface area contributed by atoms with Gasteiger partial charge in [-0.3, -0.25) is 0 Å². The minimum absolute atomic E-state index is 0.125. The Bertz CT molecular complexity index is 178. The lowest BCUT2D eigenvalue weighted by Crippen LogP contribution is -1.89. The lowest BCUT2D eigenvalue weighted by Gasteiger charge is -2.02. The van der Waals surface area contributed by atoms with Gasteiger partial charge >= 0.3 is 0 Å². The van der Waals surface area contributed by atoms with E-state index in [1.165, 1.54) is 51.4 Å². The second kappa shape index (κ2) is 11.6. The van der Waals surface area contributed by atoms with Gasteiger partial charge in [-0.1, -0.05) is 58.4 Å². The van der Waals surface area contributed by atoms with Crippen molar-refractivity contribution in [1.82, 2.24) is 0 Å². The molecule has 0 aliphatic heterocycles. The summed E-state index contributed by atoms with van der Waals surface area (Å²) in [4.78, 5) is 0. The van der Waals surface area contributed by atoms with Crippen molar-refractivity contribution in [3.05, 3.63) is 17.9 Å². The van der Waals surface area contributed by atoms with Crippen molar-refractivity contribution in [2.75, 3.05) is 6.61 Å². The SMILES string of the molecule is C=C=C(CO)CCCCCCCCCC. The fourth-order valence-corrected chi connectivity index (χ4v) is 1.70. The molecule has 0 aromatic carbocycles. The molecular weight excluding hydrogens is 184 g/mol. The zero-order valence-electron chi connectivity index (χ0n) is 10.2. The molecule has 1 nitrogen and oxygen atoms in total. The fourth-order valence-electron chi connectivity index (χ4n) is 1.70. The van der Waals surface area contributed by atoms with E-state index in [-0.39, 0.29) is 6.61 Å². The van der Waals surface area contributed by atoms with E-state index in [9.17, 15) is 0 Å². The van der Waals surface area contributed by atoms with Crippen LogP contribution in [-0.4, -0.2) is 11.7 Å². The first-order valence-electron chi connectivity index (χ1n) is 6.33. The first-order chi connectivity index (χ1) is 7.35. The van der Waals surface area contributed by atoms with Crippen molar-refractivity contribution in [3.8, 4) is 0 Å². The minimum Gasteiger partial charge on any atom is -0.391 e. The van der Waals surface area contributed by atoms with E-state index < -0.39 is 0 Å². The van der Waals surface area contributed by atoms with Crippen molar-refractivity contribution in [2.24, 2.45) is 0 Å². The van der Waals surface area contributed by atoms with Gasteiger partial charge in [-0.25, -0.2) is 0 Å². The van der Waals surface area contributed by atoms with Crippen molar-refractivity contribution < 1.29 is 5.11 Å². The maximum atomic E-state index is 8.89. The highest BCUT2D eigenvalue weighted by Gasteiger charge is 1.95. The Hall–Kier alpha value is -0.520. The van der Waals surface area contributed by atoms with Gasteiger partial charge in [-0.15, -0.1) is 5.73 Å². The van der Waals surface area contributed by atoms with E-state index in [2.05, 4.69) is 19.2 Å². The monoisotopic (exact) mass is 210 g/mol. The number of rotatable bonds is 10. The van der Waals surface area contributed by atoms with Crippen LogP contribution in [0.5, 0.6) is 0 Å². The molecule has 0 bridgehead atoms. The Kier molecular flexibility index (Phi) is 11.2. The summed E-state index contributed by atoms with van der Waals surface area (Å²) in [6.45, 7) is 5.93. The average Bonchev–Trinajstić information content (AvgIpc) is 2.27. The van der Waals surface area contributed by atoms with Gasteiger partial charge in [0.1, 0.15) is 0 Å². The summed E-state index contributed by atoms with van der Waals surface area (Å²) >= 11 is 0. The molecule has 0 aliphatic carbocycles. The van der Waals surface area contributed by atoms with Gasteiger partial charge in [-0.2, -0.15) is 0 Å².